The molecule has 0 saturated carbocycles. The Morgan fingerprint density at radius 3 is 2.84 bits per heavy atom. The summed E-state index contributed by atoms with van der Waals surface area (Å²) in [4.78, 5) is 26.9. The highest BCUT2D eigenvalue weighted by molar-refractivity contribution is 5.94. The molecule has 2 amide bonds. The van der Waals surface area contributed by atoms with E-state index in [1.807, 2.05) is 4.90 Å². The van der Waals surface area contributed by atoms with E-state index in [0.29, 0.717) is 24.2 Å². The normalized spacial score (nSPS) is 19.7. The monoisotopic (exact) mass is 343 g/mol. The lowest BCUT2D eigenvalue weighted by molar-refractivity contribution is 0.0781. The second kappa shape index (κ2) is 6.34. The fourth-order valence-electron chi connectivity index (χ4n) is 3.62. The van der Waals surface area contributed by atoms with Gasteiger partial charge in [-0.25, -0.2) is 0 Å². The van der Waals surface area contributed by atoms with Gasteiger partial charge in [0.2, 0.25) is 0 Å². The smallest absolute Gasteiger partial charge is 0.276 e. The number of fused-ring (bicyclic) bond motifs is 1. The number of rotatable bonds is 3. The van der Waals surface area contributed by atoms with Crippen molar-refractivity contribution in [3.63, 3.8) is 0 Å². The number of carbonyl (C=O) groups excluding carboxylic acids is 2. The maximum absolute atomic E-state index is 12.6. The molecule has 0 aromatic carbocycles. The SMILES string of the molecule is Cn1nccc1C(=O)NC1CCc2onc(C(=O)N3CCCC3)c2C1. The van der Waals surface area contributed by atoms with Crippen LogP contribution in [0.2, 0.25) is 0 Å². The predicted molar refractivity (Wildman–Crippen MR) is 88.1 cm³/mol. The van der Waals surface area contributed by atoms with Gasteiger partial charge in [0.05, 0.1) is 0 Å². The molecule has 3 heterocycles. The number of likely N-dealkylation sites (tertiary alicyclic amines) is 1. The van der Waals surface area contributed by atoms with E-state index in [2.05, 4.69) is 15.6 Å². The highest BCUT2D eigenvalue weighted by Gasteiger charge is 2.32. The van der Waals surface area contributed by atoms with Gasteiger partial charge in [0.15, 0.2) is 5.69 Å². The highest BCUT2D eigenvalue weighted by Crippen LogP contribution is 2.26. The summed E-state index contributed by atoms with van der Waals surface area (Å²) < 4.78 is 6.94. The second-order valence-corrected chi connectivity index (χ2v) is 6.69. The van der Waals surface area contributed by atoms with Gasteiger partial charge in [0.1, 0.15) is 11.5 Å². The average Bonchev–Trinajstić information content (AvgIpc) is 3.34. The largest absolute Gasteiger partial charge is 0.360 e. The van der Waals surface area contributed by atoms with Crippen LogP contribution in [0.5, 0.6) is 0 Å². The van der Waals surface area contributed by atoms with Crippen molar-refractivity contribution in [3.8, 4) is 0 Å². The first kappa shape index (κ1) is 15.9. The third-order valence-electron chi connectivity index (χ3n) is 5.02. The molecule has 2 aromatic heterocycles. The van der Waals surface area contributed by atoms with E-state index in [1.165, 1.54) is 0 Å². The van der Waals surface area contributed by atoms with Crippen molar-refractivity contribution in [3.05, 3.63) is 35.0 Å². The van der Waals surface area contributed by atoms with Gasteiger partial charge in [-0.15, -0.1) is 0 Å². The molecule has 1 unspecified atom stereocenters. The minimum Gasteiger partial charge on any atom is -0.360 e. The molecule has 0 spiro atoms. The molecule has 4 rings (SSSR count). The van der Waals surface area contributed by atoms with Crippen molar-refractivity contribution < 1.29 is 14.1 Å². The molecule has 0 radical (unpaired) electrons. The van der Waals surface area contributed by atoms with Crippen LogP contribution in [0.25, 0.3) is 0 Å². The minimum atomic E-state index is -0.155. The number of amides is 2. The van der Waals surface area contributed by atoms with Gasteiger partial charge in [0, 0.05) is 44.4 Å². The van der Waals surface area contributed by atoms with E-state index < -0.39 is 0 Å². The zero-order valence-electron chi connectivity index (χ0n) is 14.2. The summed E-state index contributed by atoms with van der Waals surface area (Å²) in [6.07, 6.45) is 5.68. The van der Waals surface area contributed by atoms with Crippen LogP contribution in [0.3, 0.4) is 0 Å². The van der Waals surface area contributed by atoms with Crippen LogP contribution in [-0.2, 0) is 19.9 Å². The molecular weight excluding hydrogens is 322 g/mol. The summed E-state index contributed by atoms with van der Waals surface area (Å²) in [5.74, 6) is 0.562. The van der Waals surface area contributed by atoms with Crippen molar-refractivity contribution in [1.82, 2.24) is 25.2 Å². The van der Waals surface area contributed by atoms with Crippen LogP contribution in [0.15, 0.2) is 16.8 Å². The molecule has 1 saturated heterocycles. The molecular formula is C17H21N5O3. The molecule has 1 aliphatic heterocycles. The van der Waals surface area contributed by atoms with Crippen LogP contribution in [0, 0.1) is 0 Å². The van der Waals surface area contributed by atoms with Crippen molar-refractivity contribution in [1.29, 1.82) is 0 Å². The first-order valence-corrected chi connectivity index (χ1v) is 8.69. The fourth-order valence-corrected chi connectivity index (χ4v) is 3.62. The van der Waals surface area contributed by atoms with Crippen LogP contribution in [0.4, 0.5) is 0 Å². The maximum Gasteiger partial charge on any atom is 0.276 e. The molecule has 132 valence electrons. The van der Waals surface area contributed by atoms with Crippen LogP contribution in [0.1, 0.15) is 51.6 Å². The van der Waals surface area contributed by atoms with Crippen LogP contribution < -0.4 is 5.32 Å². The summed E-state index contributed by atoms with van der Waals surface area (Å²) in [5, 5.41) is 11.1. The van der Waals surface area contributed by atoms with Gasteiger partial charge in [-0.1, -0.05) is 5.16 Å². The topological polar surface area (TPSA) is 93.3 Å². The van der Waals surface area contributed by atoms with Crippen molar-refractivity contribution in [2.75, 3.05) is 13.1 Å². The van der Waals surface area contributed by atoms with Gasteiger partial charge in [-0.2, -0.15) is 5.10 Å². The summed E-state index contributed by atoms with van der Waals surface area (Å²) in [5.41, 5.74) is 1.78. The molecule has 1 atom stereocenters. The van der Waals surface area contributed by atoms with E-state index >= 15 is 0 Å². The van der Waals surface area contributed by atoms with Gasteiger partial charge in [0.25, 0.3) is 11.8 Å². The fraction of sp³-hybridized carbons (Fsp3) is 0.529. The Hall–Kier alpha value is -2.64. The molecule has 8 nitrogen and oxygen atoms in total. The van der Waals surface area contributed by atoms with Crippen molar-refractivity contribution in [2.24, 2.45) is 7.05 Å². The van der Waals surface area contributed by atoms with Gasteiger partial charge < -0.3 is 14.7 Å². The van der Waals surface area contributed by atoms with Crippen LogP contribution >= 0.6 is 0 Å². The third kappa shape index (κ3) is 2.92. The van der Waals surface area contributed by atoms with E-state index in [1.54, 1.807) is 24.0 Å². The molecule has 0 bridgehead atoms. The van der Waals surface area contributed by atoms with E-state index in [4.69, 9.17) is 4.52 Å². The Kier molecular flexibility index (Phi) is 4.03. The number of hydrogen-bond acceptors (Lipinski definition) is 5. The molecule has 1 aliphatic carbocycles. The zero-order chi connectivity index (χ0) is 17.4. The summed E-state index contributed by atoms with van der Waals surface area (Å²) in [6, 6.07) is 1.64. The Morgan fingerprint density at radius 1 is 1.32 bits per heavy atom. The lowest BCUT2D eigenvalue weighted by atomic mass is 9.91. The lowest BCUT2D eigenvalue weighted by Crippen LogP contribution is -2.40. The van der Waals surface area contributed by atoms with E-state index in [0.717, 1.165) is 43.7 Å². The lowest BCUT2D eigenvalue weighted by Gasteiger charge is -2.23. The predicted octanol–water partition coefficient (Wildman–Crippen LogP) is 0.931. The Balaban J connectivity index is 1.49. The Bertz CT molecular complexity index is 803. The number of nitrogens with zero attached hydrogens (tertiary/aromatic N) is 4. The Morgan fingerprint density at radius 2 is 2.12 bits per heavy atom. The number of nitrogens with one attached hydrogen (secondary N) is 1. The van der Waals surface area contributed by atoms with Gasteiger partial charge >= 0.3 is 0 Å². The van der Waals surface area contributed by atoms with E-state index in [9.17, 15) is 9.59 Å². The molecule has 2 aromatic rings. The number of carbonyl (C=O) groups is 2. The average molecular weight is 343 g/mol. The first-order chi connectivity index (χ1) is 12.1. The molecule has 25 heavy (non-hydrogen) atoms. The second-order valence-electron chi connectivity index (χ2n) is 6.69. The number of aromatic nitrogens is 3. The summed E-state index contributed by atoms with van der Waals surface area (Å²) in [6.45, 7) is 1.56. The third-order valence-corrected chi connectivity index (χ3v) is 5.02. The highest BCUT2D eigenvalue weighted by atomic mass is 16.5. The van der Waals surface area contributed by atoms with E-state index in [-0.39, 0.29) is 17.9 Å². The standard InChI is InChI=1S/C17H21N5O3/c1-21-13(6-7-18-21)16(23)19-11-4-5-14-12(10-11)15(20-25-14)17(24)22-8-2-3-9-22/h6-7,11H,2-5,8-10H2,1H3,(H,19,23). The summed E-state index contributed by atoms with van der Waals surface area (Å²) >= 11 is 0. The maximum atomic E-state index is 12.6. The number of hydrogen-bond donors (Lipinski definition) is 1. The Labute approximate surface area is 145 Å². The minimum absolute atomic E-state index is 0.0422. The van der Waals surface area contributed by atoms with Gasteiger partial charge in [-0.3, -0.25) is 14.3 Å². The van der Waals surface area contributed by atoms with Crippen LogP contribution in [-0.4, -0.2) is 50.8 Å². The molecule has 2 aliphatic rings. The summed E-state index contributed by atoms with van der Waals surface area (Å²) in [7, 11) is 1.74. The number of aryl methyl sites for hydroxylation is 2. The quantitative estimate of drug-likeness (QED) is 0.895. The van der Waals surface area contributed by atoms with Crippen molar-refractivity contribution >= 4 is 11.8 Å². The zero-order valence-corrected chi connectivity index (χ0v) is 14.2. The first-order valence-electron chi connectivity index (χ1n) is 8.69. The molecule has 1 N–H and O–H groups in total. The molecule has 1 fully saturated rings. The van der Waals surface area contributed by atoms with Gasteiger partial charge in [-0.05, 0) is 31.7 Å². The van der Waals surface area contributed by atoms with Crippen molar-refractivity contribution in [2.45, 2.75) is 38.1 Å². The molecule has 8 heteroatoms.